The third-order valence-corrected chi connectivity index (χ3v) is 7.04. The van der Waals surface area contributed by atoms with Gasteiger partial charge in [-0.3, -0.25) is 4.79 Å². The molecule has 0 saturated carbocycles. The Morgan fingerprint density at radius 1 is 1.19 bits per heavy atom. The summed E-state index contributed by atoms with van der Waals surface area (Å²) in [6, 6.07) is 12.1. The number of nitrogens with one attached hydrogen (secondary N) is 1. The van der Waals surface area contributed by atoms with Crippen molar-refractivity contribution in [2.24, 2.45) is 5.92 Å². The zero-order valence-corrected chi connectivity index (χ0v) is 18.2. The largest absolute Gasteiger partial charge is 0.341 e. The van der Waals surface area contributed by atoms with Crippen LogP contribution < -0.4 is 4.72 Å². The summed E-state index contributed by atoms with van der Waals surface area (Å²) in [4.78, 5) is 14.9. The van der Waals surface area contributed by atoms with Crippen LogP contribution in [0.25, 0.3) is 0 Å². The van der Waals surface area contributed by atoms with E-state index in [9.17, 15) is 18.5 Å². The number of aromatic nitrogens is 1. The van der Waals surface area contributed by atoms with Crippen LogP contribution in [-0.4, -0.2) is 42.9 Å². The van der Waals surface area contributed by atoms with Gasteiger partial charge in [-0.15, -0.1) is 0 Å². The standard InChI is InChI=1S/C22H25N5O3S/c1-17-7-11-27(12-8-17)22(28)21(9-13-26-10-3-5-19(26)16-24)25-31(29,30)20-6-2-4-18(14-20)15-23/h2-6,10,14,17,21,25H,7-9,11-13H2,1H3. The summed E-state index contributed by atoms with van der Waals surface area (Å²) in [5, 5.41) is 18.3. The lowest BCUT2D eigenvalue weighted by Gasteiger charge is -2.33. The summed E-state index contributed by atoms with van der Waals surface area (Å²) in [5.41, 5.74) is 0.671. The van der Waals surface area contributed by atoms with E-state index < -0.39 is 16.1 Å². The van der Waals surface area contributed by atoms with E-state index in [0.717, 1.165) is 12.8 Å². The second-order valence-corrected chi connectivity index (χ2v) is 9.52. The van der Waals surface area contributed by atoms with Crippen LogP contribution >= 0.6 is 0 Å². The molecule has 1 aromatic carbocycles. The third-order valence-electron chi connectivity index (χ3n) is 5.57. The van der Waals surface area contributed by atoms with Crippen LogP contribution in [0.4, 0.5) is 0 Å². The average molecular weight is 440 g/mol. The molecule has 1 amide bonds. The molecule has 2 aromatic rings. The number of sulfonamides is 1. The molecule has 2 heterocycles. The van der Waals surface area contributed by atoms with Crippen LogP contribution in [0.3, 0.4) is 0 Å². The smallest absolute Gasteiger partial charge is 0.241 e. The molecule has 1 fully saturated rings. The number of nitrogens with zero attached hydrogens (tertiary/aromatic N) is 4. The molecule has 9 heteroatoms. The Kier molecular flexibility index (Phi) is 7.11. The number of carbonyl (C=O) groups excluding carboxylic acids is 1. The fraction of sp³-hybridized carbons (Fsp3) is 0.409. The molecule has 8 nitrogen and oxygen atoms in total. The highest BCUT2D eigenvalue weighted by Crippen LogP contribution is 2.19. The van der Waals surface area contributed by atoms with Crippen LogP contribution in [-0.2, 0) is 21.4 Å². The molecule has 162 valence electrons. The number of rotatable bonds is 7. The molecule has 0 aliphatic carbocycles. The molecule has 1 aliphatic rings. The van der Waals surface area contributed by atoms with Crippen molar-refractivity contribution < 1.29 is 13.2 Å². The van der Waals surface area contributed by atoms with Crippen LogP contribution in [0.5, 0.6) is 0 Å². The average Bonchev–Trinajstić information content (AvgIpc) is 3.24. The predicted molar refractivity (Wildman–Crippen MR) is 114 cm³/mol. The minimum Gasteiger partial charge on any atom is -0.341 e. The molecule has 1 N–H and O–H groups in total. The number of nitriles is 2. The van der Waals surface area contributed by atoms with E-state index in [0.29, 0.717) is 31.2 Å². The maximum atomic E-state index is 13.2. The number of hydrogen-bond acceptors (Lipinski definition) is 5. The molecule has 0 spiro atoms. The van der Waals surface area contributed by atoms with Crippen LogP contribution in [0.15, 0.2) is 47.5 Å². The van der Waals surface area contributed by atoms with Gasteiger partial charge in [-0.2, -0.15) is 15.2 Å². The maximum Gasteiger partial charge on any atom is 0.241 e. The van der Waals surface area contributed by atoms with Crippen molar-refractivity contribution in [1.29, 1.82) is 10.5 Å². The normalized spacial score (nSPS) is 15.8. The van der Waals surface area contributed by atoms with Gasteiger partial charge < -0.3 is 9.47 Å². The van der Waals surface area contributed by atoms with Crippen molar-refractivity contribution in [3.63, 3.8) is 0 Å². The number of amides is 1. The second-order valence-electron chi connectivity index (χ2n) is 7.81. The first kappa shape index (κ1) is 22.5. The Morgan fingerprint density at radius 2 is 1.94 bits per heavy atom. The molecule has 0 radical (unpaired) electrons. The monoisotopic (exact) mass is 439 g/mol. The molecular formula is C22H25N5O3S. The lowest BCUT2D eigenvalue weighted by Crippen LogP contribution is -2.50. The fourth-order valence-corrected chi connectivity index (χ4v) is 4.92. The van der Waals surface area contributed by atoms with Gasteiger partial charge in [0.25, 0.3) is 0 Å². The van der Waals surface area contributed by atoms with Gasteiger partial charge in [-0.05, 0) is 55.5 Å². The minimum atomic E-state index is -4.02. The molecule has 1 aliphatic heterocycles. The van der Waals surface area contributed by atoms with Gasteiger partial charge in [-0.1, -0.05) is 13.0 Å². The van der Waals surface area contributed by atoms with E-state index in [2.05, 4.69) is 17.7 Å². The summed E-state index contributed by atoms with van der Waals surface area (Å²) >= 11 is 0. The Hall–Kier alpha value is -3.14. The Bertz CT molecular complexity index is 1120. The fourth-order valence-electron chi connectivity index (χ4n) is 3.65. The van der Waals surface area contributed by atoms with Gasteiger partial charge in [0.15, 0.2) is 0 Å². The Labute approximate surface area is 182 Å². The van der Waals surface area contributed by atoms with E-state index >= 15 is 0 Å². The third kappa shape index (κ3) is 5.52. The van der Waals surface area contributed by atoms with Crippen molar-refractivity contribution in [3.05, 3.63) is 53.9 Å². The van der Waals surface area contributed by atoms with E-state index in [4.69, 9.17) is 5.26 Å². The van der Waals surface area contributed by atoms with E-state index in [-0.39, 0.29) is 22.8 Å². The molecule has 1 saturated heterocycles. The Balaban J connectivity index is 1.83. The number of likely N-dealkylation sites (tertiary alicyclic amines) is 1. The van der Waals surface area contributed by atoms with Gasteiger partial charge in [0.05, 0.1) is 16.5 Å². The molecule has 1 aromatic heterocycles. The number of benzene rings is 1. The quantitative estimate of drug-likeness (QED) is 0.709. The summed E-state index contributed by atoms with van der Waals surface area (Å²) in [7, 11) is -4.02. The molecule has 1 unspecified atom stereocenters. The van der Waals surface area contributed by atoms with Crippen molar-refractivity contribution >= 4 is 15.9 Å². The second kappa shape index (κ2) is 9.78. The summed E-state index contributed by atoms with van der Waals surface area (Å²) in [6.07, 6.45) is 3.69. The van der Waals surface area contributed by atoms with Crippen LogP contribution in [0.1, 0.15) is 37.4 Å². The topological polar surface area (TPSA) is 119 Å². The molecule has 3 rings (SSSR count). The first-order chi connectivity index (χ1) is 14.8. The first-order valence-corrected chi connectivity index (χ1v) is 11.7. The Morgan fingerprint density at radius 3 is 2.61 bits per heavy atom. The summed E-state index contributed by atoms with van der Waals surface area (Å²) in [5.74, 6) is 0.267. The number of carbonyl (C=O) groups is 1. The van der Waals surface area contributed by atoms with Crippen molar-refractivity contribution in [1.82, 2.24) is 14.2 Å². The zero-order chi connectivity index (χ0) is 22.4. The van der Waals surface area contributed by atoms with Crippen molar-refractivity contribution in [2.75, 3.05) is 13.1 Å². The van der Waals surface area contributed by atoms with E-state index in [1.165, 1.54) is 24.3 Å². The van der Waals surface area contributed by atoms with Gasteiger partial charge >= 0.3 is 0 Å². The van der Waals surface area contributed by atoms with Gasteiger partial charge in [-0.25, -0.2) is 8.42 Å². The summed E-state index contributed by atoms with van der Waals surface area (Å²) < 4.78 is 30.2. The number of aryl methyl sites for hydroxylation is 1. The molecular weight excluding hydrogens is 414 g/mol. The van der Waals surface area contributed by atoms with Crippen LogP contribution in [0.2, 0.25) is 0 Å². The van der Waals surface area contributed by atoms with Crippen molar-refractivity contribution in [2.45, 2.75) is 43.7 Å². The van der Waals surface area contributed by atoms with Gasteiger partial charge in [0.1, 0.15) is 17.8 Å². The molecule has 31 heavy (non-hydrogen) atoms. The lowest BCUT2D eigenvalue weighted by atomic mass is 9.98. The maximum absolute atomic E-state index is 13.2. The van der Waals surface area contributed by atoms with Crippen molar-refractivity contribution in [3.8, 4) is 12.1 Å². The molecule has 0 bridgehead atoms. The van der Waals surface area contributed by atoms with Gasteiger partial charge in [0, 0.05) is 25.8 Å². The van der Waals surface area contributed by atoms with Crippen LogP contribution in [0, 0.1) is 28.6 Å². The predicted octanol–water partition coefficient (Wildman–Crippen LogP) is 2.23. The highest BCUT2D eigenvalue weighted by molar-refractivity contribution is 7.89. The molecule has 1 atom stereocenters. The lowest BCUT2D eigenvalue weighted by molar-refractivity contribution is -0.134. The zero-order valence-electron chi connectivity index (χ0n) is 17.4. The first-order valence-electron chi connectivity index (χ1n) is 10.2. The van der Waals surface area contributed by atoms with E-state index in [1.54, 1.807) is 27.8 Å². The van der Waals surface area contributed by atoms with Gasteiger partial charge in [0.2, 0.25) is 15.9 Å². The highest BCUT2D eigenvalue weighted by atomic mass is 32.2. The minimum absolute atomic E-state index is 0.0599. The number of piperidine rings is 1. The number of hydrogen-bond donors (Lipinski definition) is 1. The SMILES string of the molecule is CC1CCN(C(=O)C(CCn2cccc2C#N)NS(=O)(=O)c2cccc(C#N)c2)CC1. The van der Waals surface area contributed by atoms with E-state index in [1.807, 2.05) is 6.07 Å². The summed E-state index contributed by atoms with van der Waals surface area (Å²) in [6.45, 7) is 3.64. The highest BCUT2D eigenvalue weighted by Gasteiger charge is 2.31.